The van der Waals surface area contributed by atoms with Crippen molar-refractivity contribution in [1.29, 1.82) is 0 Å². The highest BCUT2D eigenvalue weighted by atomic mass is 35.5. The van der Waals surface area contributed by atoms with E-state index in [1.165, 1.54) is 0 Å². The minimum absolute atomic E-state index is 0. The minimum atomic E-state index is -0.756. The maximum Gasteiger partial charge on any atom is 0.252 e. The van der Waals surface area contributed by atoms with Gasteiger partial charge in [-0.2, -0.15) is 5.10 Å². The van der Waals surface area contributed by atoms with Gasteiger partial charge in [0.15, 0.2) is 0 Å². The van der Waals surface area contributed by atoms with E-state index >= 15 is 0 Å². The van der Waals surface area contributed by atoms with E-state index in [0.29, 0.717) is 19.4 Å². The molecular weight excluding hydrogens is 400 g/mol. The highest BCUT2D eigenvalue weighted by Gasteiger charge is 2.39. The number of piperidine rings is 1. The summed E-state index contributed by atoms with van der Waals surface area (Å²) in [4.78, 5) is 13.0. The number of nitrogens with zero attached hydrogens (tertiary/aromatic N) is 2. The Labute approximate surface area is 183 Å². The SMILES string of the molecule is COC1(C(=O)NCc2cn(-c3ccccc3)nc2-c2ccccc2)CCNCC1.Cl. The largest absolute Gasteiger partial charge is 0.368 e. The van der Waals surface area contributed by atoms with Crippen LogP contribution in [0.1, 0.15) is 18.4 Å². The summed E-state index contributed by atoms with van der Waals surface area (Å²) in [5.41, 5.74) is 3.08. The number of rotatable bonds is 6. The third-order valence-corrected chi connectivity index (χ3v) is 5.51. The zero-order valence-corrected chi connectivity index (χ0v) is 17.8. The number of hydrogen-bond acceptors (Lipinski definition) is 4. The topological polar surface area (TPSA) is 68.2 Å². The van der Waals surface area contributed by atoms with Crippen molar-refractivity contribution in [3.05, 3.63) is 72.4 Å². The van der Waals surface area contributed by atoms with Crippen molar-refractivity contribution in [2.45, 2.75) is 25.0 Å². The highest BCUT2D eigenvalue weighted by Crippen LogP contribution is 2.25. The summed E-state index contributed by atoms with van der Waals surface area (Å²) in [6, 6.07) is 20.0. The van der Waals surface area contributed by atoms with Crippen LogP contribution in [0.15, 0.2) is 66.9 Å². The Balaban J connectivity index is 0.00000256. The number of amides is 1. The van der Waals surface area contributed by atoms with Crippen molar-refractivity contribution in [2.24, 2.45) is 0 Å². The van der Waals surface area contributed by atoms with E-state index in [4.69, 9.17) is 9.84 Å². The maximum absolute atomic E-state index is 13.0. The molecule has 0 radical (unpaired) electrons. The lowest BCUT2D eigenvalue weighted by atomic mass is 9.91. The molecule has 1 saturated heterocycles. The average Bonchev–Trinajstić information content (AvgIpc) is 3.23. The summed E-state index contributed by atoms with van der Waals surface area (Å²) in [5, 5.41) is 11.2. The van der Waals surface area contributed by atoms with Crippen molar-refractivity contribution in [2.75, 3.05) is 20.2 Å². The minimum Gasteiger partial charge on any atom is -0.368 e. The molecule has 7 heteroatoms. The number of nitrogens with one attached hydrogen (secondary N) is 2. The van der Waals surface area contributed by atoms with Crippen LogP contribution in [-0.4, -0.2) is 41.5 Å². The molecular formula is C23H27ClN4O2. The molecule has 6 nitrogen and oxygen atoms in total. The quantitative estimate of drug-likeness (QED) is 0.634. The third-order valence-electron chi connectivity index (χ3n) is 5.51. The molecule has 1 aliphatic rings. The van der Waals surface area contributed by atoms with Crippen LogP contribution in [0.3, 0.4) is 0 Å². The second-order valence-electron chi connectivity index (χ2n) is 7.28. The summed E-state index contributed by atoms with van der Waals surface area (Å²) in [5.74, 6) is -0.0621. The number of aromatic nitrogens is 2. The van der Waals surface area contributed by atoms with Crippen LogP contribution in [0, 0.1) is 0 Å². The molecule has 0 unspecified atom stereocenters. The van der Waals surface area contributed by atoms with Crippen molar-refractivity contribution >= 4 is 18.3 Å². The Morgan fingerprint density at radius 3 is 2.37 bits per heavy atom. The fraction of sp³-hybridized carbons (Fsp3) is 0.304. The van der Waals surface area contributed by atoms with Crippen molar-refractivity contribution in [1.82, 2.24) is 20.4 Å². The molecule has 2 heterocycles. The summed E-state index contributed by atoms with van der Waals surface area (Å²) in [6.07, 6.45) is 3.33. The van der Waals surface area contributed by atoms with Gasteiger partial charge in [0.1, 0.15) is 5.60 Å². The molecule has 1 amide bonds. The second kappa shape index (κ2) is 9.89. The molecule has 0 bridgehead atoms. The number of carbonyl (C=O) groups excluding carboxylic acids is 1. The molecule has 3 aromatic rings. The standard InChI is InChI=1S/C23H26N4O2.ClH/c1-29-23(12-14-24-15-13-23)22(28)25-16-19-17-27(20-10-6-3-7-11-20)26-21(19)18-8-4-2-5-9-18;/h2-11,17,24H,12-16H2,1H3,(H,25,28);1H. The fourth-order valence-electron chi connectivity index (χ4n) is 3.78. The summed E-state index contributed by atoms with van der Waals surface area (Å²) >= 11 is 0. The van der Waals surface area contributed by atoms with E-state index in [-0.39, 0.29) is 18.3 Å². The van der Waals surface area contributed by atoms with Crippen molar-refractivity contribution in [3.8, 4) is 16.9 Å². The first kappa shape index (κ1) is 22.0. The van der Waals surface area contributed by atoms with Gasteiger partial charge < -0.3 is 15.4 Å². The van der Waals surface area contributed by atoms with Crippen LogP contribution >= 0.6 is 12.4 Å². The van der Waals surface area contributed by atoms with Gasteiger partial charge in [-0.15, -0.1) is 12.4 Å². The summed E-state index contributed by atoms with van der Waals surface area (Å²) < 4.78 is 7.51. The van der Waals surface area contributed by atoms with Crippen LogP contribution < -0.4 is 10.6 Å². The molecule has 1 aromatic heterocycles. The third kappa shape index (κ3) is 4.56. The van der Waals surface area contributed by atoms with E-state index in [2.05, 4.69) is 10.6 Å². The van der Waals surface area contributed by atoms with Gasteiger partial charge in [-0.3, -0.25) is 4.79 Å². The normalized spacial score (nSPS) is 15.2. The lowest BCUT2D eigenvalue weighted by Crippen LogP contribution is -2.53. The first-order valence-electron chi connectivity index (χ1n) is 9.95. The number of halogens is 1. The van der Waals surface area contributed by atoms with E-state index in [9.17, 15) is 4.79 Å². The Morgan fingerprint density at radius 1 is 1.10 bits per heavy atom. The molecule has 0 spiro atoms. The number of methoxy groups -OCH3 is 1. The Hall–Kier alpha value is -2.67. The number of hydrogen-bond donors (Lipinski definition) is 2. The molecule has 0 atom stereocenters. The monoisotopic (exact) mass is 426 g/mol. The number of ether oxygens (including phenoxy) is 1. The van der Waals surface area contributed by atoms with Gasteiger partial charge in [0.05, 0.1) is 11.4 Å². The highest BCUT2D eigenvalue weighted by molar-refractivity contribution is 5.86. The van der Waals surface area contributed by atoms with Crippen LogP contribution in [0.4, 0.5) is 0 Å². The molecule has 0 saturated carbocycles. The van der Waals surface area contributed by atoms with Crippen molar-refractivity contribution in [3.63, 3.8) is 0 Å². The number of para-hydroxylation sites is 1. The van der Waals surface area contributed by atoms with Gasteiger partial charge in [0.25, 0.3) is 5.91 Å². The Bertz CT molecular complexity index is 954. The maximum atomic E-state index is 13.0. The van der Waals surface area contributed by atoms with E-state index < -0.39 is 5.60 Å². The smallest absolute Gasteiger partial charge is 0.252 e. The zero-order chi connectivity index (χ0) is 20.1. The van der Waals surface area contributed by atoms with Crippen LogP contribution in [0.2, 0.25) is 0 Å². The number of carbonyl (C=O) groups is 1. The first-order chi connectivity index (χ1) is 14.2. The first-order valence-corrected chi connectivity index (χ1v) is 9.95. The Kier molecular flexibility index (Phi) is 7.26. The van der Waals surface area contributed by atoms with Gasteiger partial charge in [-0.1, -0.05) is 48.5 Å². The lowest BCUT2D eigenvalue weighted by molar-refractivity contribution is -0.146. The van der Waals surface area contributed by atoms with Crippen LogP contribution in [0.5, 0.6) is 0 Å². The summed E-state index contributed by atoms with van der Waals surface area (Å²) in [6.45, 7) is 1.96. The van der Waals surface area contributed by atoms with Gasteiger partial charge in [-0.05, 0) is 38.1 Å². The molecule has 1 aliphatic heterocycles. The van der Waals surface area contributed by atoms with Crippen molar-refractivity contribution < 1.29 is 9.53 Å². The molecule has 1 fully saturated rings. The van der Waals surface area contributed by atoms with E-state index in [1.807, 2.05) is 71.5 Å². The van der Waals surface area contributed by atoms with E-state index in [1.54, 1.807) is 7.11 Å². The molecule has 30 heavy (non-hydrogen) atoms. The van der Waals surface area contributed by atoms with Gasteiger partial charge in [-0.25, -0.2) is 4.68 Å². The van der Waals surface area contributed by atoms with E-state index in [0.717, 1.165) is 35.6 Å². The molecule has 2 N–H and O–H groups in total. The molecule has 2 aromatic carbocycles. The summed E-state index contributed by atoms with van der Waals surface area (Å²) in [7, 11) is 1.62. The number of benzene rings is 2. The van der Waals surface area contributed by atoms with Gasteiger partial charge in [0.2, 0.25) is 0 Å². The van der Waals surface area contributed by atoms with Gasteiger partial charge >= 0.3 is 0 Å². The second-order valence-corrected chi connectivity index (χ2v) is 7.28. The fourth-order valence-corrected chi connectivity index (χ4v) is 3.78. The predicted molar refractivity (Wildman–Crippen MR) is 120 cm³/mol. The van der Waals surface area contributed by atoms with Crippen LogP contribution in [0.25, 0.3) is 16.9 Å². The Morgan fingerprint density at radius 2 is 1.73 bits per heavy atom. The molecule has 4 rings (SSSR count). The van der Waals surface area contributed by atoms with Gasteiger partial charge in [0, 0.05) is 31.0 Å². The molecule has 158 valence electrons. The average molecular weight is 427 g/mol. The predicted octanol–water partition coefficient (Wildman–Crippen LogP) is 3.35. The lowest BCUT2D eigenvalue weighted by Gasteiger charge is -2.34. The zero-order valence-electron chi connectivity index (χ0n) is 17.0. The molecule has 0 aliphatic carbocycles. The van der Waals surface area contributed by atoms with Crippen LogP contribution in [-0.2, 0) is 16.1 Å².